The van der Waals surface area contributed by atoms with E-state index in [0.29, 0.717) is 25.2 Å². The Kier molecular flexibility index (Phi) is 6.31. The summed E-state index contributed by atoms with van der Waals surface area (Å²) in [5.74, 6) is -0.0797. The average molecular weight is 433 g/mol. The van der Waals surface area contributed by atoms with Crippen molar-refractivity contribution in [2.24, 2.45) is 0 Å². The number of nitrogens with zero attached hydrogens (tertiary/aromatic N) is 3. The molecule has 0 bridgehead atoms. The van der Waals surface area contributed by atoms with Crippen molar-refractivity contribution in [2.75, 3.05) is 49.1 Å². The average Bonchev–Trinajstić information content (AvgIpc) is 3.23. The molecule has 166 valence electrons. The van der Waals surface area contributed by atoms with Gasteiger partial charge < -0.3 is 20.4 Å². The largest absolute Gasteiger partial charge is 0.417 e. The van der Waals surface area contributed by atoms with Crippen LogP contribution in [0.2, 0.25) is 0 Å². The molecule has 0 spiro atoms. The van der Waals surface area contributed by atoms with E-state index in [1.165, 1.54) is 6.20 Å². The lowest BCUT2D eigenvalue weighted by molar-refractivity contribution is -0.137. The van der Waals surface area contributed by atoms with Gasteiger partial charge in [0.05, 0.1) is 23.9 Å². The zero-order chi connectivity index (χ0) is 21.8. The molecule has 31 heavy (non-hydrogen) atoms. The highest BCUT2D eigenvalue weighted by molar-refractivity contribution is 5.79. The predicted molar refractivity (Wildman–Crippen MR) is 113 cm³/mol. The van der Waals surface area contributed by atoms with Crippen LogP contribution in [-0.4, -0.2) is 56.2 Å². The summed E-state index contributed by atoms with van der Waals surface area (Å²) in [5.41, 5.74) is 1.76. The van der Waals surface area contributed by atoms with Crippen molar-refractivity contribution in [2.45, 2.75) is 25.1 Å². The third kappa shape index (κ3) is 5.46. The van der Waals surface area contributed by atoms with Gasteiger partial charge in [-0.15, -0.1) is 0 Å². The van der Waals surface area contributed by atoms with Crippen LogP contribution in [-0.2, 0) is 17.4 Å². The van der Waals surface area contributed by atoms with Gasteiger partial charge in [0.25, 0.3) is 0 Å². The summed E-state index contributed by atoms with van der Waals surface area (Å²) in [6.45, 7) is 4.93. The predicted octanol–water partition coefficient (Wildman–Crippen LogP) is 2.45. The second kappa shape index (κ2) is 9.13. The van der Waals surface area contributed by atoms with Crippen LogP contribution in [0.5, 0.6) is 0 Å². The standard InChI is InChI=1S/C22H26F3N5O/c23-22(24,25)17-12-20(14-27-13-17)30-8-5-18(15-30)28-21(31)11-16-1-3-19(4-2-16)29-9-6-26-7-10-29/h1-4,12-14,18,26H,5-11,15H2,(H,28,31). The molecule has 2 saturated heterocycles. The molecule has 2 fully saturated rings. The van der Waals surface area contributed by atoms with E-state index in [1.54, 1.807) is 0 Å². The maximum atomic E-state index is 12.9. The molecule has 0 saturated carbocycles. The van der Waals surface area contributed by atoms with Gasteiger partial charge in [-0.25, -0.2) is 0 Å². The fourth-order valence-corrected chi connectivity index (χ4v) is 4.08. The number of aromatic nitrogens is 1. The Hall–Kier alpha value is -2.81. The zero-order valence-corrected chi connectivity index (χ0v) is 17.2. The van der Waals surface area contributed by atoms with E-state index in [9.17, 15) is 18.0 Å². The molecular weight excluding hydrogens is 407 g/mol. The number of alkyl halides is 3. The van der Waals surface area contributed by atoms with Crippen LogP contribution in [0.3, 0.4) is 0 Å². The topological polar surface area (TPSA) is 60.5 Å². The van der Waals surface area contributed by atoms with Gasteiger partial charge in [0.1, 0.15) is 0 Å². The molecule has 3 heterocycles. The zero-order valence-electron chi connectivity index (χ0n) is 17.2. The monoisotopic (exact) mass is 433 g/mol. The lowest BCUT2D eigenvalue weighted by atomic mass is 10.1. The third-order valence-corrected chi connectivity index (χ3v) is 5.75. The highest BCUT2D eigenvalue weighted by Crippen LogP contribution is 2.31. The van der Waals surface area contributed by atoms with Crippen LogP contribution in [0, 0.1) is 0 Å². The number of carbonyl (C=O) groups excluding carboxylic acids is 1. The number of pyridine rings is 1. The quantitative estimate of drug-likeness (QED) is 0.759. The summed E-state index contributed by atoms with van der Waals surface area (Å²) in [6, 6.07) is 9.06. The van der Waals surface area contributed by atoms with Gasteiger partial charge in [-0.2, -0.15) is 13.2 Å². The van der Waals surface area contributed by atoms with Crippen molar-refractivity contribution < 1.29 is 18.0 Å². The molecule has 2 aliphatic heterocycles. The SMILES string of the molecule is O=C(Cc1ccc(N2CCNCC2)cc1)NC1CCN(c2cncc(C(F)(F)F)c2)C1. The molecule has 9 heteroatoms. The second-order valence-corrected chi connectivity index (χ2v) is 8.01. The molecule has 1 aromatic heterocycles. The molecule has 1 unspecified atom stereocenters. The Balaban J connectivity index is 1.29. The summed E-state index contributed by atoms with van der Waals surface area (Å²) in [6.07, 6.45) is -1.20. The lowest BCUT2D eigenvalue weighted by Gasteiger charge is -2.29. The molecule has 0 aliphatic carbocycles. The van der Waals surface area contributed by atoms with E-state index in [2.05, 4.69) is 20.5 Å². The second-order valence-electron chi connectivity index (χ2n) is 8.01. The molecule has 1 aromatic carbocycles. The number of carbonyl (C=O) groups is 1. The molecule has 1 atom stereocenters. The smallest absolute Gasteiger partial charge is 0.369 e. The van der Waals surface area contributed by atoms with Gasteiger partial charge in [0.2, 0.25) is 5.91 Å². The molecule has 2 aliphatic rings. The highest BCUT2D eigenvalue weighted by Gasteiger charge is 2.32. The van der Waals surface area contributed by atoms with Gasteiger partial charge >= 0.3 is 6.18 Å². The highest BCUT2D eigenvalue weighted by atomic mass is 19.4. The summed E-state index contributed by atoms with van der Waals surface area (Å²) in [4.78, 5) is 20.3. The number of piperazine rings is 1. The number of rotatable bonds is 5. The number of halogens is 3. The normalized spacial score (nSPS) is 19.5. The van der Waals surface area contributed by atoms with E-state index < -0.39 is 11.7 Å². The fraction of sp³-hybridized carbons (Fsp3) is 0.455. The van der Waals surface area contributed by atoms with Crippen molar-refractivity contribution in [1.29, 1.82) is 0 Å². The lowest BCUT2D eigenvalue weighted by Crippen LogP contribution is -2.43. The van der Waals surface area contributed by atoms with E-state index >= 15 is 0 Å². The molecular formula is C22H26F3N5O. The number of amides is 1. The van der Waals surface area contributed by atoms with Crippen LogP contribution >= 0.6 is 0 Å². The molecule has 2 aromatic rings. The Bertz CT molecular complexity index is 897. The first-order chi connectivity index (χ1) is 14.9. The minimum absolute atomic E-state index is 0.0797. The van der Waals surface area contributed by atoms with Gasteiger partial charge in [-0.05, 0) is 30.2 Å². The van der Waals surface area contributed by atoms with Gasteiger partial charge in [-0.1, -0.05) is 12.1 Å². The molecule has 6 nitrogen and oxygen atoms in total. The van der Waals surface area contributed by atoms with Crippen molar-refractivity contribution >= 4 is 17.3 Å². The number of nitrogens with one attached hydrogen (secondary N) is 2. The summed E-state index contributed by atoms with van der Waals surface area (Å²) >= 11 is 0. The number of hydrogen-bond donors (Lipinski definition) is 2. The van der Waals surface area contributed by atoms with E-state index in [0.717, 1.165) is 49.7 Å². The Morgan fingerprint density at radius 1 is 1.06 bits per heavy atom. The van der Waals surface area contributed by atoms with E-state index in [-0.39, 0.29) is 18.4 Å². The minimum atomic E-state index is -4.42. The van der Waals surface area contributed by atoms with E-state index in [4.69, 9.17) is 0 Å². The van der Waals surface area contributed by atoms with Crippen LogP contribution in [0.1, 0.15) is 17.5 Å². The van der Waals surface area contributed by atoms with Crippen LogP contribution < -0.4 is 20.4 Å². The number of benzene rings is 1. The van der Waals surface area contributed by atoms with Crippen LogP contribution in [0.25, 0.3) is 0 Å². The first kappa shape index (κ1) is 21.4. The Morgan fingerprint density at radius 3 is 2.52 bits per heavy atom. The first-order valence-electron chi connectivity index (χ1n) is 10.5. The van der Waals surface area contributed by atoms with Crippen LogP contribution in [0.15, 0.2) is 42.7 Å². The van der Waals surface area contributed by atoms with Gasteiger partial charge in [-0.3, -0.25) is 9.78 Å². The molecule has 4 rings (SSSR count). The maximum absolute atomic E-state index is 12.9. The molecule has 0 radical (unpaired) electrons. The summed E-state index contributed by atoms with van der Waals surface area (Å²) in [7, 11) is 0. The summed E-state index contributed by atoms with van der Waals surface area (Å²) in [5, 5.41) is 6.34. The Morgan fingerprint density at radius 2 is 1.81 bits per heavy atom. The molecule has 2 N–H and O–H groups in total. The van der Waals surface area contributed by atoms with Crippen molar-refractivity contribution in [3.63, 3.8) is 0 Å². The minimum Gasteiger partial charge on any atom is -0.369 e. The van der Waals surface area contributed by atoms with Gasteiger partial charge in [0, 0.05) is 57.2 Å². The summed E-state index contributed by atoms with van der Waals surface area (Å²) < 4.78 is 38.8. The molecule has 1 amide bonds. The van der Waals surface area contributed by atoms with Crippen molar-refractivity contribution in [1.82, 2.24) is 15.6 Å². The van der Waals surface area contributed by atoms with Gasteiger partial charge in [0.15, 0.2) is 0 Å². The number of anilines is 2. The third-order valence-electron chi connectivity index (χ3n) is 5.75. The Labute approximate surface area is 179 Å². The fourth-order valence-electron chi connectivity index (χ4n) is 4.08. The van der Waals surface area contributed by atoms with E-state index in [1.807, 2.05) is 29.2 Å². The van der Waals surface area contributed by atoms with Crippen molar-refractivity contribution in [3.8, 4) is 0 Å². The van der Waals surface area contributed by atoms with Crippen LogP contribution in [0.4, 0.5) is 24.5 Å². The maximum Gasteiger partial charge on any atom is 0.417 e. The first-order valence-corrected chi connectivity index (χ1v) is 10.5. The van der Waals surface area contributed by atoms with Crippen molar-refractivity contribution in [3.05, 3.63) is 53.9 Å². The number of hydrogen-bond acceptors (Lipinski definition) is 5.